The molecule has 144 valence electrons. The van der Waals surface area contributed by atoms with Crippen molar-refractivity contribution in [1.29, 1.82) is 0 Å². The SMILES string of the molecule is Cc1c(N2C[C@H](C)[C@@H](N)C2)c(F)c(N)c2c(=O)c(C(=O)O)cn(C3CC3)c12. The van der Waals surface area contributed by atoms with Crippen molar-refractivity contribution >= 4 is 28.2 Å². The summed E-state index contributed by atoms with van der Waals surface area (Å²) in [5.41, 5.74) is 12.2. The molecule has 0 radical (unpaired) electrons. The van der Waals surface area contributed by atoms with Gasteiger partial charge in [-0.25, -0.2) is 9.18 Å². The minimum Gasteiger partial charge on any atom is -0.477 e. The van der Waals surface area contributed by atoms with Crippen molar-refractivity contribution in [1.82, 2.24) is 4.57 Å². The van der Waals surface area contributed by atoms with E-state index >= 15 is 4.39 Å². The average molecular weight is 374 g/mol. The van der Waals surface area contributed by atoms with E-state index in [2.05, 4.69) is 0 Å². The molecule has 2 aliphatic rings. The molecule has 0 bridgehead atoms. The van der Waals surface area contributed by atoms with Gasteiger partial charge in [0.1, 0.15) is 5.56 Å². The average Bonchev–Trinajstić information content (AvgIpc) is 3.38. The zero-order valence-electron chi connectivity index (χ0n) is 15.3. The number of halogens is 1. The Bertz CT molecular complexity index is 1020. The van der Waals surface area contributed by atoms with E-state index in [0.717, 1.165) is 12.8 Å². The number of anilines is 2. The molecule has 1 saturated carbocycles. The summed E-state index contributed by atoms with van der Waals surface area (Å²) >= 11 is 0. The number of pyridine rings is 1. The highest BCUT2D eigenvalue weighted by Gasteiger charge is 2.34. The Labute approximate surface area is 155 Å². The van der Waals surface area contributed by atoms with Crippen molar-refractivity contribution in [2.75, 3.05) is 23.7 Å². The van der Waals surface area contributed by atoms with Crippen molar-refractivity contribution in [2.24, 2.45) is 11.7 Å². The van der Waals surface area contributed by atoms with Gasteiger partial charge in [0.15, 0.2) is 5.82 Å². The quantitative estimate of drug-likeness (QED) is 0.707. The Hall–Kier alpha value is -2.61. The van der Waals surface area contributed by atoms with Crippen molar-refractivity contribution in [2.45, 2.75) is 38.8 Å². The van der Waals surface area contributed by atoms with E-state index in [0.29, 0.717) is 29.9 Å². The molecular formula is C19H23FN4O3. The van der Waals surface area contributed by atoms with Crippen LogP contribution in [0.2, 0.25) is 0 Å². The van der Waals surface area contributed by atoms with Gasteiger partial charge in [-0.3, -0.25) is 4.79 Å². The van der Waals surface area contributed by atoms with Crippen LogP contribution < -0.4 is 21.8 Å². The summed E-state index contributed by atoms with van der Waals surface area (Å²) in [7, 11) is 0. The van der Waals surface area contributed by atoms with Crippen LogP contribution in [0.1, 0.15) is 41.7 Å². The number of hydrogen-bond donors (Lipinski definition) is 3. The van der Waals surface area contributed by atoms with Crippen LogP contribution in [0.15, 0.2) is 11.0 Å². The number of carboxylic acids is 1. The highest BCUT2D eigenvalue weighted by Crippen LogP contribution is 2.42. The second-order valence-corrected chi connectivity index (χ2v) is 7.79. The molecule has 1 aliphatic carbocycles. The van der Waals surface area contributed by atoms with Crippen LogP contribution in [-0.2, 0) is 0 Å². The fourth-order valence-electron chi connectivity index (χ4n) is 4.12. The summed E-state index contributed by atoms with van der Waals surface area (Å²) in [6.07, 6.45) is 3.14. The van der Waals surface area contributed by atoms with Crippen LogP contribution in [0.3, 0.4) is 0 Å². The number of aryl methyl sites for hydroxylation is 1. The topological polar surface area (TPSA) is 115 Å². The maximum Gasteiger partial charge on any atom is 0.341 e. The van der Waals surface area contributed by atoms with Gasteiger partial charge in [-0.2, -0.15) is 0 Å². The van der Waals surface area contributed by atoms with E-state index in [4.69, 9.17) is 11.5 Å². The number of nitrogen functional groups attached to an aromatic ring is 1. The highest BCUT2D eigenvalue weighted by atomic mass is 19.1. The standard InChI is InChI=1S/C19H23FN4O3/c1-8-5-23(7-12(8)21)17-9(2)16-13(15(22)14(17)20)18(25)11(19(26)27)6-24(16)10-3-4-10/h6,8,10,12H,3-5,7,21-22H2,1-2H3,(H,26,27)/t8-,12-/m0/s1. The third kappa shape index (κ3) is 2.58. The highest BCUT2D eigenvalue weighted by molar-refractivity contribution is 6.01. The largest absolute Gasteiger partial charge is 0.477 e. The van der Waals surface area contributed by atoms with Crippen LogP contribution in [-0.4, -0.2) is 34.8 Å². The number of benzene rings is 1. The molecule has 1 aromatic carbocycles. The number of carbonyl (C=O) groups is 1. The number of nitrogens with two attached hydrogens (primary N) is 2. The smallest absolute Gasteiger partial charge is 0.341 e. The number of nitrogens with zero attached hydrogens (tertiary/aromatic N) is 2. The van der Waals surface area contributed by atoms with E-state index < -0.39 is 17.2 Å². The van der Waals surface area contributed by atoms with Crippen LogP contribution in [0.5, 0.6) is 0 Å². The van der Waals surface area contributed by atoms with E-state index in [-0.39, 0.29) is 34.6 Å². The molecule has 2 atom stereocenters. The number of fused-ring (bicyclic) bond motifs is 1. The van der Waals surface area contributed by atoms with Crippen LogP contribution >= 0.6 is 0 Å². The lowest BCUT2D eigenvalue weighted by Gasteiger charge is -2.25. The minimum absolute atomic E-state index is 0.0444. The molecule has 0 amide bonds. The van der Waals surface area contributed by atoms with E-state index in [1.165, 1.54) is 6.20 Å². The third-order valence-corrected chi connectivity index (χ3v) is 5.82. The first-order valence-electron chi connectivity index (χ1n) is 9.12. The Morgan fingerprint density at radius 1 is 1.33 bits per heavy atom. The van der Waals surface area contributed by atoms with Gasteiger partial charge in [0.05, 0.1) is 22.3 Å². The predicted molar refractivity (Wildman–Crippen MR) is 102 cm³/mol. The number of aromatic nitrogens is 1. The predicted octanol–water partition coefficient (Wildman–Crippen LogP) is 1.85. The molecule has 7 nitrogen and oxygen atoms in total. The maximum absolute atomic E-state index is 15.3. The molecule has 0 unspecified atom stereocenters. The van der Waals surface area contributed by atoms with Crippen LogP contribution in [0, 0.1) is 18.7 Å². The fraction of sp³-hybridized carbons (Fsp3) is 0.474. The van der Waals surface area contributed by atoms with Crippen molar-refractivity contribution in [3.8, 4) is 0 Å². The van der Waals surface area contributed by atoms with E-state index in [1.807, 2.05) is 11.8 Å². The third-order valence-electron chi connectivity index (χ3n) is 5.82. The van der Waals surface area contributed by atoms with Crippen LogP contribution in [0.25, 0.3) is 10.9 Å². The van der Waals surface area contributed by atoms with E-state index in [1.54, 1.807) is 11.5 Å². The maximum atomic E-state index is 15.3. The first-order chi connectivity index (χ1) is 12.7. The van der Waals surface area contributed by atoms with Gasteiger partial charge in [-0.15, -0.1) is 0 Å². The summed E-state index contributed by atoms with van der Waals surface area (Å²) in [4.78, 5) is 26.2. The lowest BCUT2D eigenvalue weighted by Crippen LogP contribution is -2.29. The number of hydrogen-bond acceptors (Lipinski definition) is 5. The molecule has 8 heteroatoms. The lowest BCUT2D eigenvalue weighted by atomic mass is 10.0. The van der Waals surface area contributed by atoms with Gasteiger partial charge in [0.2, 0.25) is 5.43 Å². The summed E-state index contributed by atoms with van der Waals surface area (Å²) in [5.74, 6) is -1.80. The normalized spacial score (nSPS) is 22.6. The molecular weight excluding hydrogens is 351 g/mol. The molecule has 2 aromatic rings. The minimum atomic E-state index is -1.34. The Morgan fingerprint density at radius 2 is 2.00 bits per heavy atom. The van der Waals surface area contributed by atoms with Crippen LogP contribution in [0.4, 0.5) is 15.8 Å². The Morgan fingerprint density at radius 3 is 2.52 bits per heavy atom. The second kappa shape index (κ2) is 5.95. The summed E-state index contributed by atoms with van der Waals surface area (Å²) in [5, 5.41) is 9.35. The van der Waals surface area contributed by atoms with E-state index in [9.17, 15) is 14.7 Å². The Balaban J connectivity index is 2.07. The molecule has 1 saturated heterocycles. The van der Waals surface area contributed by atoms with Gasteiger partial charge < -0.3 is 26.0 Å². The molecule has 2 heterocycles. The Kier molecular flexibility index (Phi) is 3.92. The lowest BCUT2D eigenvalue weighted by molar-refractivity contribution is 0.0695. The molecule has 5 N–H and O–H groups in total. The van der Waals surface area contributed by atoms with Gasteiger partial charge in [-0.05, 0) is 31.2 Å². The fourth-order valence-corrected chi connectivity index (χ4v) is 4.12. The summed E-state index contributed by atoms with van der Waals surface area (Å²) in [6.45, 7) is 4.88. The molecule has 4 rings (SSSR count). The number of carboxylic acid groups (broad SMARTS) is 1. The zero-order valence-corrected chi connectivity index (χ0v) is 15.3. The molecule has 1 aromatic heterocycles. The van der Waals surface area contributed by atoms with Gasteiger partial charge >= 0.3 is 5.97 Å². The van der Waals surface area contributed by atoms with Crippen molar-refractivity contribution in [3.05, 3.63) is 33.4 Å². The monoisotopic (exact) mass is 374 g/mol. The van der Waals surface area contributed by atoms with Gasteiger partial charge in [0.25, 0.3) is 0 Å². The molecule has 27 heavy (non-hydrogen) atoms. The molecule has 1 aliphatic heterocycles. The second-order valence-electron chi connectivity index (χ2n) is 7.79. The number of rotatable bonds is 3. The van der Waals surface area contributed by atoms with Crippen molar-refractivity contribution in [3.63, 3.8) is 0 Å². The number of aromatic carboxylic acids is 1. The first-order valence-corrected chi connectivity index (χ1v) is 9.12. The molecule has 2 fully saturated rings. The summed E-state index contributed by atoms with van der Waals surface area (Å²) in [6, 6.07) is 0.0307. The first kappa shape index (κ1) is 17.8. The van der Waals surface area contributed by atoms with Gasteiger partial charge in [0, 0.05) is 31.4 Å². The summed E-state index contributed by atoms with van der Waals surface area (Å²) < 4.78 is 17.0. The molecule has 0 spiro atoms. The van der Waals surface area contributed by atoms with Gasteiger partial charge in [-0.1, -0.05) is 6.92 Å². The zero-order chi connectivity index (χ0) is 19.6. The van der Waals surface area contributed by atoms with Crippen molar-refractivity contribution < 1.29 is 14.3 Å².